The number of amides is 2. The number of hydrogen-bond acceptors (Lipinski definition) is 3. The van der Waals surface area contributed by atoms with Crippen molar-refractivity contribution in [2.45, 2.75) is 45.2 Å². The Hall–Kier alpha value is -3.67. The molecule has 0 bridgehead atoms. The van der Waals surface area contributed by atoms with Crippen LogP contribution in [0.4, 0.5) is 4.39 Å². The first-order valence-electron chi connectivity index (χ1n) is 12.0. The van der Waals surface area contributed by atoms with Gasteiger partial charge in [0, 0.05) is 19.5 Å². The molecule has 1 N–H and O–H groups in total. The Morgan fingerprint density at radius 3 is 2.34 bits per heavy atom. The topological polar surface area (TPSA) is 58.6 Å². The molecule has 6 heteroatoms. The summed E-state index contributed by atoms with van der Waals surface area (Å²) in [7, 11) is 1.59. The fourth-order valence-electron chi connectivity index (χ4n) is 3.91. The Balaban J connectivity index is 1.94. The Morgan fingerprint density at radius 2 is 1.66 bits per heavy atom. The van der Waals surface area contributed by atoms with E-state index in [2.05, 4.69) is 12.2 Å². The summed E-state index contributed by atoms with van der Waals surface area (Å²) in [6, 6.07) is 22.4. The first kappa shape index (κ1) is 25.9. The van der Waals surface area contributed by atoms with Crippen LogP contribution in [0.25, 0.3) is 0 Å². The molecule has 1 unspecified atom stereocenters. The molecule has 5 nitrogen and oxygen atoms in total. The molecular formula is C29H33FN2O3. The van der Waals surface area contributed by atoms with Crippen molar-refractivity contribution in [2.24, 2.45) is 0 Å². The first-order chi connectivity index (χ1) is 17.0. The lowest BCUT2D eigenvalue weighted by molar-refractivity contribution is -0.140. The zero-order valence-corrected chi connectivity index (χ0v) is 20.4. The molecule has 0 heterocycles. The summed E-state index contributed by atoms with van der Waals surface area (Å²) in [5.74, 6) is -0.0595. The van der Waals surface area contributed by atoms with E-state index in [9.17, 15) is 14.0 Å². The van der Waals surface area contributed by atoms with E-state index in [1.807, 2.05) is 54.6 Å². The van der Waals surface area contributed by atoms with Crippen LogP contribution in [0.2, 0.25) is 0 Å². The van der Waals surface area contributed by atoms with Crippen LogP contribution in [0, 0.1) is 5.82 Å². The fourth-order valence-corrected chi connectivity index (χ4v) is 3.91. The van der Waals surface area contributed by atoms with Gasteiger partial charge in [-0.05, 0) is 47.4 Å². The maximum atomic E-state index is 13.6. The van der Waals surface area contributed by atoms with Crippen LogP contribution < -0.4 is 10.1 Å². The number of benzene rings is 3. The number of methoxy groups -OCH3 is 1. The second kappa shape index (κ2) is 13.3. The van der Waals surface area contributed by atoms with Gasteiger partial charge in [0.25, 0.3) is 0 Å². The number of halogens is 1. The molecule has 3 rings (SSSR count). The summed E-state index contributed by atoms with van der Waals surface area (Å²) in [5, 5.41) is 3.01. The van der Waals surface area contributed by atoms with E-state index in [4.69, 9.17) is 4.74 Å². The second-order valence-electron chi connectivity index (χ2n) is 8.53. The van der Waals surface area contributed by atoms with Gasteiger partial charge in [0.1, 0.15) is 17.6 Å². The SMILES string of the molecule is CCCCNC(=O)C(Cc1ccccc1)N(Cc1cccc(OC)c1)C(=O)Cc1ccc(F)cc1. The first-order valence-corrected chi connectivity index (χ1v) is 12.0. The summed E-state index contributed by atoms with van der Waals surface area (Å²) in [5.41, 5.74) is 2.52. The molecule has 0 radical (unpaired) electrons. The van der Waals surface area contributed by atoms with Gasteiger partial charge in [0.05, 0.1) is 13.5 Å². The average Bonchev–Trinajstić information content (AvgIpc) is 2.88. The number of nitrogens with zero attached hydrogens (tertiary/aromatic N) is 1. The molecule has 3 aromatic rings. The Kier molecular flexibility index (Phi) is 9.84. The van der Waals surface area contributed by atoms with Crippen LogP contribution in [-0.2, 0) is 29.0 Å². The third-order valence-electron chi connectivity index (χ3n) is 5.86. The summed E-state index contributed by atoms with van der Waals surface area (Å²) in [6.07, 6.45) is 2.28. The van der Waals surface area contributed by atoms with Crippen molar-refractivity contribution < 1.29 is 18.7 Å². The van der Waals surface area contributed by atoms with Crippen LogP contribution in [0.5, 0.6) is 5.75 Å². The molecule has 0 saturated carbocycles. The summed E-state index contributed by atoms with van der Waals surface area (Å²) in [4.78, 5) is 28.7. The van der Waals surface area contributed by atoms with E-state index < -0.39 is 6.04 Å². The highest BCUT2D eigenvalue weighted by Crippen LogP contribution is 2.19. The number of unbranched alkanes of at least 4 members (excludes halogenated alkanes) is 1. The van der Waals surface area contributed by atoms with Crippen molar-refractivity contribution >= 4 is 11.8 Å². The molecule has 0 aliphatic heterocycles. The lowest BCUT2D eigenvalue weighted by Crippen LogP contribution is -2.51. The van der Waals surface area contributed by atoms with Crippen molar-refractivity contribution in [2.75, 3.05) is 13.7 Å². The Morgan fingerprint density at radius 1 is 0.943 bits per heavy atom. The molecule has 2 amide bonds. The minimum absolute atomic E-state index is 0.0672. The summed E-state index contributed by atoms with van der Waals surface area (Å²) < 4.78 is 18.8. The van der Waals surface area contributed by atoms with Gasteiger partial charge in [-0.15, -0.1) is 0 Å². The highest BCUT2D eigenvalue weighted by Gasteiger charge is 2.30. The fraction of sp³-hybridized carbons (Fsp3) is 0.310. The van der Waals surface area contributed by atoms with Crippen LogP contribution in [0.3, 0.4) is 0 Å². The lowest BCUT2D eigenvalue weighted by atomic mass is 10.0. The summed E-state index contributed by atoms with van der Waals surface area (Å²) in [6.45, 7) is 2.87. The average molecular weight is 477 g/mol. The smallest absolute Gasteiger partial charge is 0.243 e. The van der Waals surface area contributed by atoms with E-state index in [-0.39, 0.29) is 30.6 Å². The number of hydrogen-bond donors (Lipinski definition) is 1. The minimum Gasteiger partial charge on any atom is -0.497 e. The highest BCUT2D eigenvalue weighted by atomic mass is 19.1. The molecule has 0 aliphatic rings. The van der Waals surface area contributed by atoms with Gasteiger partial charge in [-0.2, -0.15) is 0 Å². The van der Waals surface area contributed by atoms with Gasteiger partial charge in [-0.1, -0.05) is 67.9 Å². The van der Waals surface area contributed by atoms with Crippen molar-refractivity contribution in [3.8, 4) is 5.75 Å². The normalized spacial score (nSPS) is 11.5. The number of rotatable bonds is 12. The van der Waals surface area contributed by atoms with Crippen LogP contribution in [0.1, 0.15) is 36.5 Å². The monoisotopic (exact) mass is 476 g/mol. The van der Waals surface area contributed by atoms with Crippen LogP contribution in [0.15, 0.2) is 78.9 Å². The van der Waals surface area contributed by atoms with Gasteiger partial charge in [0.2, 0.25) is 11.8 Å². The van der Waals surface area contributed by atoms with Gasteiger partial charge < -0.3 is 15.0 Å². The molecule has 0 spiro atoms. The van der Waals surface area contributed by atoms with Crippen molar-refractivity contribution in [3.05, 3.63) is 101 Å². The van der Waals surface area contributed by atoms with Crippen molar-refractivity contribution in [1.82, 2.24) is 10.2 Å². The highest BCUT2D eigenvalue weighted by molar-refractivity contribution is 5.88. The number of ether oxygens (including phenoxy) is 1. The zero-order valence-electron chi connectivity index (χ0n) is 20.4. The maximum absolute atomic E-state index is 13.6. The zero-order chi connectivity index (χ0) is 25.0. The quantitative estimate of drug-likeness (QED) is 0.377. The third kappa shape index (κ3) is 7.95. The molecular weight excluding hydrogens is 443 g/mol. The van der Waals surface area contributed by atoms with E-state index in [1.54, 1.807) is 24.1 Å². The number of carbonyl (C=O) groups is 2. The molecule has 35 heavy (non-hydrogen) atoms. The van der Waals surface area contributed by atoms with E-state index in [0.29, 0.717) is 24.3 Å². The van der Waals surface area contributed by atoms with E-state index in [1.165, 1.54) is 12.1 Å². The standard InChI is InChI=1S/C29H33FN2O3/c1-3-4-17-31-29(34)27(19-22-9-6-5-7-10-22)32(21-24-11-8-12-26(18-24)35-2)28(33)20-23-13-15-25(30)16-14-23/h5-16,18,27H,3-4,17,19-21H2,1-2H3,(H,31,34). The van der Waals surface area contributed by atoms with E-state index in [0.717, 1.165) is 24.0 Å². The third-order valence-corrected chi connectivity index (χ3v) is 5.86. The van der Waals surface area contributed by atoms with Crippen LogP contribution >= 0.6 is 0 Å². The minimum atomic E-state index is -0.701. The van der Waals surface area contributed by atoms with Gasteiger partial charge in [-0.25, -0.2) is 4.39 Å². The molecule has 184 valence electrons. The van der Waals surface area contributed by atoms with Gasteiger partial charge in [-0.3, -0.25) is 9.59 Å². The summed E-state index contributed by atoms with van der Waals surface area (Å²) >= 11 is 0. The molecule has 0 aromatic heterocycles. The lowest BCUT2D eigenvalue weighted by Gasteiger charge is -2.32. The van der Waals surface area contributed by atoms with Crippen molar-refractivity contribution in [1.29, 1.82) is 0 Å². The number of carbonyl (C=O) groups excluding carboxylic acids is 2. The molecule has 3 aromatic carbocycles. The molecule has 1 atom stereocenters. The van der Waals surface area contributed by atoms with Crippen molar-refractivity contribution in [3.63, 3.8) is 0 Å². The predicted octanol–water partition coefficient (Wildman–Crippen LogP) is 4.93. The molecule has 0 fully saturated rings. The molecule has 0 saturated heterocycles. The van der Waals surface area contributed by atoms with Gasteiger partial charge >= 0.3 is 0 Å². The largest absolute Gasteiger partial charge is 0.497 e. The molecule has 0 aliphatic carbocycles. The second-order valence-corrected chi connectivity index (χ2v) is 8.53. The van der Waals surface area contributed by atoms with Gasteiger partial charge in [0.15, 0.2) is 0 Å². The van der Waals surface area contributed by atoms with E-state index >= 15 is 0 Å². The number of nitrogens with one attached hydrogen (secondary N) is 1. The predicted molar refractivity (Wildman–Crippen MR) is 135 cm³/mol. The maximum Gasteiger partial charge on any atom is 0.243 e. The Labute approximate surface area is 206 Å². The van der Waals surface area contributed by atoms with Crippen LogP contribution in [-0.4, -0.2) is 36.4 Å². The Bertz CT molecular complexity index is 1090.